The van der Waals surface area contributed by atoms with E-state index in [1.54, 1.807) is 0 Å². The van der Waals surface area contributed by atoms with Crippen LogP contribution in [0.5, 0.6) is 5.75 Å². The van der Waals surface area contributed by atoms with Gasteiger partial charge in [-0.25, -0.2) is 4.98 Å². The first-order valence-electron chi connectivity index (χ1n) is 7.00. The van der Waals surface area contributed by atoms with E-state index in [0.29, 0.717) is 21.6 Å². The SMILES string of the molecule is O=C(COc1cc(Cl)c(Cl)cc1Cl)NCc1nc2ccccc2[nH]1. The van der Waals surface area contributed by atoms with Crippen molar-refractivity contribution in [2.24, 2.45) is 0 Å². The first kappa shape index (κ1) is 16.9. The summed E-state index contributed by atoms with van der Waals surface area (Å²) in [6.45, 7) is 0.0733. The lowest BCUT2D eigenvalue weighted by Gasteiger charge is -2.09. The van der Waals surface area contributed by atoms with Crippen molar-refractivity contribution in [1.29, 1.82) is 0 Å². The molecular formula is C16H12Cl3N3O2. The van der Waals surface area contributed by atoms with Crippen LogP contribution in [0, 0.1) is 0 Å². The number of fused-ring (bicyclic) bond motifs is 1. The molecule has 0 saturated heterocycles. The Morgan fingerprint density at radius 2 is 1.88 bits per heavy atom. The third kappa shape index (κ3) is 3.93. The molecule has 0 fully saturated rings. The van der Waals surface area contributed by atoms with Gasteiger partial charge in [0.2, 0.25) is 0 Å². The Kier molecular flexibility index (Phi) is 5.14. The molecule has 3 aromatic rings. The minimum absolute atomic E-state index is 0.197. The molecular weight excluding hydrogens is 373 g/mol. The summed E-state index contributed by atoms with van der Waals surface area (Å²) in [5, 5.41) is 3.63. The summed E-state index contributed by atoms with van der Waals surface area (Å²) in [6.07, 6.45) is 0. The molecule has 1 amide bonds. The first-order valence-corrected chi connectivity index (χ1v) is 8.14. The minimum Gasteiger partial charge on any atom is -0.482 e. The first-order chi connectivity index (χ1) is 11.5. The van der Waals surface area contributed by atoms with E-state index in [4.69, 9.17) is 39.5 Å². The van der Waals surface area contributed by atoms with Crippen molar-refractivity contribution >= 4 is 51.7 Å². The van der Waals surface area contributed by atoms with Crippen LogP contribution in [-0.4, -0.2) is 22.5 Å². The fourth-order valence-corrected chi connectivity index (χ4v) is 2.67. The van der Waals surface area contributed by atoms with Crippen LogP contribution in [0.2, 0.25) is 15.1 Å². The zero-order chi connectivity index (χ0) is 17.1. The number of ether oxygens (including phenoxy) is 1. The number of aromatic nitrogens is 2. The highest BCUT2D eigenvalue weighted by Gasteiger charge is 2.10. The quantitative estimate of drug-likeness (QED) is 0.647. The number of nitrogens with zero attached hydrogens (tertiary/aromatic N) is 1. The summed E-state index contributed by atoms with van der Waals surface area (Å²) in [5.41, 5.74) is 1.76. The highest BCUT2D eigenvalue weighted by Crippen LogP contribution is 2.33. The normalized spacial score (nSPS) is 10.8. The van der Waals surface area contributed by atoms with Gasteiger partial charge in [-0.1, -0.05) is 46.9 Å². The molecule has 0 aliphatic heterocycles. The van der Waals surface area contributed by atoms with Crippen molar-refractivity contribution < 1.29 is 9.53 Å². The number of rotatable bonds is 5. The number of halogens is 3. The number of aromatic amines is 1. The van der Waals surface area contributed by atoms with E-state index in [9.17, 15) is 4.79 Å². The maximum atomic E-state index is 11.9. The standard InChI is InChI=1S/C16H12Cl3N3O2/c17-9-5-11(19)14(6-10(9)18)24-8-16(23)20-7-15-21-12-3-1-2-4-13(12)22-15/h1-6H,7-8H2,(H,20,23)(H,21,22). The van der Waals surface area contributed by atoms with Gasteiger partial charge in [0, 0.05) is 6.07 Å². The van der Waals surface area contributed by atoms with Gasteiger partial charge in [-0.3, -0.25) is 4.79 Å². The largest absolute Gasteiger partial charge is 0.482 e. The highest BCUT2D eigenvalue weighted by atomic mass is 35.5. The summed E-state index contributed by atoms with van der Waals surface area (Å²) in [4.78, 5) is 19.4. The summed E-state index contributed by atoms with van der Waals surface area (Å²) < 4.78 is 5.36. The smallest absolute Gasteiger partial charge is 0.258 e. The molecule has 1 aromatic heterocycles. The molecule has 0 aliphatic rings. The van der Waals surface area contributed by atoms with E-state index < -0.39 is 0 Å². The van der Waals surface area contributed by atoms with Gasteiger partial charge < -0.3 is 15.0 Å². The van der Waals surface area contributed by atoms with Crippen molar-refractivity contribution in [1.82, 2.24) is 15.3 Å². The van der Waals surface area contributed by atoms with Gasteiger partial charge in [0.25, 0.3) is 5.91 Å². The van der Waals surface area contributed by atoms with Crippen molar-refractivity contribution in [2.45, 2.75) is 6.54 Å². The van der Waals surface area contributed by atoms with Gasteiger partial charge >= 0.3 is 0 Å². The van der Waals surface area contributed by atoms with Crippen LogP contribution < -0.4 is 10.1 Å². The molecule has 24 heavy (non-hydrogen) atoms. The summed E-state index contributed by atoms with van der Waals surface area (Å²) in [6, 6.07) is 10.6. The third-order valence-corrected chi connectivity index (χ3v) is 4.24. The Labute approximate surface area is 152 Å². The van der Waals surface area contributed by atoms with E-state index in [-0.39, 0.29) is 24.1 Å². The van der Waals surface area contributed by atoms with E-state index in [1.807, 2.05) is 24.3 Å². The number of amides is 1. The van der Waals surface area contributed by atoms with Crippen molar-refractivity contribution in [3.8, 4) is 5.75 Å². The predicted molar refractivity (Wildman–Crippen MR) is 94.9 cm³/mol. The molecule has 0 radical (unpaired) electrons. The second-order valence-electron chi connectivity index (χ2n) is 4.96. The van der Waals surface area contributed by atoms with E-state index in [2.05, 4.69) is 15.3 Å². The predicted octanol–water partition coefficient (Wildman–Crippen LogP) is 4.22. The van der Waals surface area contributed by atoms with Crippen LogP contribution in [0.25, 0.3) is 11.0 Å². The van der Waals surface area contributed by atoms with Crippen LogP contribution in [0.4, 0.5) is 0 Å². The maximum Gasteiger partial charge on any atom is 0.258 e. The number of nitrogens with one attached hydrogen (secondary N) is 2. The van der Waals surface area contributed by atoms with Gasteiger partial charge in [0.05, 0.1) is 32.6 Å². The molecule has 0 atom stereocenters. The maximum absolute atomic E-state index is 11.9. The zero-order valence-corrected chi connectivity index (χ0v) is 14.5. The van der Waals surface area contributed by atoms with Crippen LogP contribution in [-0.2, 0) is 11.3 Å². The molecule has 0 bridgehead atoms. The molecule has 0 aliphatic carbocycles. The lowest BCUT2D eigenvalue weighted by molar-refractivity contribution is -0.123. The molecule has 0 unspecified atom stereocenters. The minimum atomic E-state index is -0.308. The van der Waals surface area contributed by atoms with Gasteiger partial charge in [-0.2, -0.15) is 0 Å². The summed E-state index contributed by atoms with van der Waals surface area (Å²) >= 11 is 17.7. The molecule has 124 valence electrons. The summed E-state index contributed by atoms with van der Waals surface area (Å²) in [5.74, 6) is 0.652. The fraction of sp³-hybridized carbons (Fsp3) is 0.125. The lowest BCUT2D eigenvalue weighted by Crippen LogP contribution is -2.28. The third-order valence-electron chi connectivity index (χ3n) is 3.22. The Bertz CT molecular complexity index is 862. The molecule has 1 heterocycles. The monoisotopic (exact) mass is 383 g/mol. The van der Waals surface area contributed by atoms with Crippen molar-refractivity contribution in [3.63, 3.8) is 0 Å². The fourth-order valence-electron chi connectivity index (χ4n) is 2.08. The number of benzene rings is 2. The number of hydrogen-bond acceptors (Lipinski definition) is 3. The Hall–Kier alpha value is -1.95. The number of H-pyrrole nitrogens is 1. The zero-order valence-electron chi connectivity index (χ0n) is 12.3. The average Bonchev–Trinajstić information content (AvgIpc) is 2.98. The van der Waals surface area contributed by atoms with Crippen LogP contribution >= 0.6 is 34.8 Å². The number of carbonyl (C=O) groups is 1. The molecule has 2 N–H and O–H groups in total. The molecule has 0 spiro atoms. The highest BCUT2D eigenvalue weighted by molar-refractivity contribution is 6.43. The van der Waals surface area contributed by atoms with Crippen LogP contribution in [0.1, 0.15) is 5.82 Å². The van der Waals surface area contributed by atoms with Crippen LogP contribution in [0.15, 0.2) is 36.4 Å². The molecule has 3 rings (SSSR count). The van der Waals surface area contributed by atoms with E-state index in [1.165, 1.54) is 12.1 Å². The lowest BCUT2D eigenvalue weighted by atomic mass is 10.3. The van der Waals surface area contributed by atoms with Gasteiger partial charge in [-0.05, 0) is 18.2 Å². The molecule has 8 heteroatoms. The van der Waals surface area contributed by atoms with Gasteiger partial charge in [0.1, 0.15) is 11.6 Å². The summed E-state index contributed by atoms with van der Waals surface area (Å²) in [7, 11) is 0. The number of para-hydroxylation sites is 2. The number of carbonyl (C=O) groups excluding carboxylic acids is 1. The van der Waals surface area contributed by atoms with Crippen molar-refractivity contribution in [3.05, 3.63) is 57.3 Å². The number of hydrogen-bond donors (Lipinski definition) is 2. The number of imidazole rings is 1. The Morgan fingerprint density at radius 3 is 2.67 bits per heavy atom. The van der Waals surface area contributed by atoms with E-state index >= 15 is 0 Å². The Morgan fingerprint density at radius 1 is 1.12 bits per heavy atom. The molecule has 2 aromatic carbocycles. The van der Waals surface area contributed by atoms with Crippen molar-refractivity contribution in [2.75, 3.05) is 6.61 Å². The Balaban J connectivity index is 1.55. The van der Waals surface area contributed by atoms with E-state index in [0.717, 1.165) is 11.0 Å². The second kappa shape index (κ2) is 7.30. The average molecular weight is 385 g/mol. The van der Waals surface area contributed by atoms with Gasteiger partial charge in [0.15, 0.2) is 6.61 Å². The second-order valence-corrected chi connectivity index (χ2v) is 6.18. The van der Waals surface area contributed by atoms with Gasteiger partial charge in [-0.15, -0.1) is 0 Å². The molecule has 5 nitrogen and oxygen atoms in total. The topological polar surface area (TPSA) is 67.0 Å². The molecule has 0 saturated carbocycles. The van der Waals surface area contributed by atoms with Crippen LogP contribution in [0.3, 0.4) is 0 Å².